The average molecular weight is 262 g/mol. The summed E-state index contributed by atoms with van der Waals surface area (Å²) in [6, 6.07) is 3.41. The predicted molar refractivity (Wildman–Crippen MR) is 70.9 cm³/mol. The van der Waals surface area contributed by atoms with Gasteiger partial charge in [-0.3, -0.25) is 14.6 Å². The van der Waals surface area contributed by atoms with E-state index in [0.717, 1.165) is 6.42 Å². The van der Waals surface area contributed by atoms with Gasteiger partial charge < -0.3 is 15.5 Å². The van der Waals surface area contributed by atoms with E-state index in [0.29, 0.717) is 24.5 Å². The second-order valence-corrected chi connectivity index (χ2v) is 4.65. The third kappa shape index (κ3) is 3.21. The third-order valence-corrected chi connectivity index (χ3v) is 3.04. The second kappa shape index (κ2) is 5.69. The molecule has 0 bridgehead atoms. The van der Waals surface area contributed by atoms with Gasteiger partial charge in [-0.25, -0.2) is 0 Å². The molecule has 1 fully saturated rings. The van der Waals surface area contributed by atoms with E-state index >= 15 is 0 Å². The average Bonchev–Trinajstić information content (AvgIpc) is 2.36. The summed E-state index contributed by atoms with van der Waals surface area (Å²) >= 11 is 0. The van der Waals surface area contributed by atoms with Crippen LogP contribution in [0.3, 0.4) is 0 Å². The number of hydrogen-bond acceptors (Lipinski definition) is 4. The van der Waals surface area contributed by atoms with Gasteiger partial charge in [0, 0.05) is 18.4 Å². The van der Waals surface area contributed by atoms with E-state index in [-0.39, 0.29) is 24.9 Å². The maximum absolute atomic E-state index is 12.0. The summed E-state index contributed by atoms with van der Waals surface area (Å²) in [5, 5.41) is 0. The summed E-state index contributed by atoms with van der Waals surface area (Å²) in [6.07, 6.45) is 2.46. The topological polar surface area (TPSA) is 79.5 Å². The number of amides is 2. The van der Waals surface area contributed by atoms with Gasteiger partial charge >= 0.3 is 0 Å². The molecule has 1 aliphatic heterocycles. The van der Waals surface area contributed by atoms with Crippen LogP contribution in [0.5, 0.6) is 0 Å². The SMILES string of the molecule is CCCN1CC(=O)N(Cc2cc(N)ccn2)CC1=O. The van der Waals surface area contributed by atoms with Gasteiger partial charge in [0.05, 0.1) is 18.8 Å². The fraction of sp³-hybridized carbons (Fsp3) is 0.462. The molecule has 2 amide bonds. The van der Waals surface area contributed by atoms with Crippen LogP contribution < -0.4 is 5.73 Å². The molecule has 2 rings (SSSR count). The van der Waals surface area contributed by atoms with Crippen molar-refractivity contribution in [1.82, 2.24) is 14.8 Å². The Balaban J connectivity index is 2.02. The van der Waals surface area contributed by atoms with E-state index < -0.39 is 0 Å². The minimum atomic E-state index is -0.0442. The van der Waals surface area contributed by atoms with Crippen LogP contribution in [-0.4, -0.2) is 46.2 Å². The Morgan fingerprint density at radius 3 is 2.63 bits per heavy atom. The molecule has 0 spiro atoms. The maximum atomic E-state index is 12.0. The van der Waals surface area contributed by atoms with Crippen molar-refractivity contribution in [3.8, 4) is 0 Å². The molecule has 6 heteroatoms. The van der Waals surface area contributed by atoms with E-state index in [1.165, 1.54) is 4.90 Å². The molecule has 1 aromatic rings. The summed E-state index contributed by atoms with van der Waals surface area (Å²) in [4.78, 5) is 31.1. The van der Waals surface area contributed by atoms with Crippen molar-refractivity contribution in [2.24, 2.45) is 0 Å². The van der Waals surface area contributed by atoms with Crippen molar-refractivity contribution in [2.45, 2.75) is 19.9 Å². The molecule has 2 heterocycles. The molecule has 0 saturated carbocycles. The normalized spacial score (nSPS) is 16.1. The monoisotopic (exact) mass is 262 g/mol. The number of hydrogen-bond donors (Lipinski definition) is 1. The van der Waals surface area contributed by atoms with Crippen LogP contribution in [0.1, 0.15) is 19.0 Å². The van der Waals surface area contributed by atoms with Crippen molar-refractivity contribution in [3.63, 3.8) is 0 Å². The van der Waals surface area contributed by atoms with E-state index in [9.17, 15) is 9.59 Å². The Morgan fingerprint density at radius 1 is 1.26 bits per heavy atom. The number of nitrogens with two attached hydrogens (primary N) is 1. The van der Waals surface area contributed by atoms with E-state index in [1.54, 1.807) is 23.2 Å². The molecule has 19 heavy (non-hydrogen) atoms. The number of aromatic nitrogens is 1. The van der Waals surface area contributed by atoms with Crippen LogP contribution in [-0.2, 0) is 16.1 Å². The number of piperazine rings is 1. The Hall–Kier alpha value is -2.11. The van der Waals surface area contributed by atoms with E-state index in [4.69, 9.17) is 5.73 Å². The number of anilines is 1. The Kier molecular flexibility index (Phi) is 3.99. The van der Waals surface area contributed by atoms with Crippen LogP contribution in [0.15, 0.2) is 18.3 Å². The number of pyridine rings is 1. The van der Waals surface area contributed by atoms with Crippen molar-refractivity contribution in [3.05, 3.63) is 24.0 Å². The first-order valence-electron chi connectivity index (χ1n) is 6.36. The molecule has 0 radical (unpaired) electrons. The van der Waals surface area contributed by atoms with Crippen LogP contribution in [0.4, 0.5) is 5.69 Å². The molecule has 1 aromatic heterocycles. The van der Waals surface area contributed by atoms with Crippen LogP contribution >= 0.6 is 0 Å². The molecule has 0 aromatic carbocycles. The minimum absolute atomic E-state index is 0.00893. The summed E-state index contributed by atoms with van der Waals surface area (Å²) in [6.45, 7) is 3.23. The summed E-state index contributed by atoms with van der Waals surface area (Å²) in [5.41, 5.74) is 6.97. The lowest BCUT2D eigenvalue weighted by Gasteiger charge is -2.33. The number of carbonyl (C=O) groups excluding carboxylic acids is 2. The van der Waals surface area contributed by atoms with Gasteiger partial charge in [-0.05, 0) is 18.6 Å². The zero-order valence-corrected chi connectivity index (χ0v) is 11.0. The number of nitrogen functional groups attached to an aromatic ring is 1. The molecule has 0 atom stereocenters. The molecular formula is C13H18N4O2. The summed E-state index contributed by atoms with van der Waals surface area (Å²) < 4.78 is 0. The first-order valence-corrected chi connectivity index (χ1v) is 6.36. The smallest absolute Gasteiger partial charge is 0.243 e. The first kappa shape index (κ1) is 13.3. The van der Waals surface area contributed by atoms with Crippen molar-refractivity contribution in [1.29, 1.82) is 0 Å². The van der Waals surface area contributed by atoms with Crippen molar-refractivity contribution >= 4 is 17.5 Å². The maximum Gasteiger partial charge on any atom is 0.243 e. The number of rotatable bonds is 4. The minimum Gasteiger partial charge on any atom is -0.399 e. The molecule has 6 nitrogen and oxygen atoms in total. The summed E-state index contributed by atoms with van der Waals surface area (Å²) in [7, 11) is 0. The third-order valence-electron chi connectivity index (χ3n) is 3.04. The quantitative estimate of drug-likeness (QED) is 0.843. The van der Waals surface area contributed by atoms with Gasteiger partial charge in [-0.15, -0.1) is 0 Å². The Morgan fingerprint density at radius 2 is 1.95 bits per heavy atom. The predicted octanol–water partition coefficient (Wildman–Crippen LogP) is 0.245. The van der Waals surface area contributed by atoms with Crippen LogP contribution in [0.2, 0.25) is 0 Å². The highest BCUT2D eigenvalue weighted by Crippen LogP contribution is 2.11. The molecule has 1 saturated heterocycles. The lowest BCUT2D eigenvalue weighted by Crippen LogP contribution is -2.53. The highest BCUT2D eigenvalue weighted by Gasteiger charge is 2.29. The highest BCUT2D eigenvalue weighted by molar-refractivity contribution is 5.92. The lowest BCUT2D eigenvalue weighted by atomic mass is 10.2. The van der Waals surface area contributed by atoms with Gasteiger partial charge in [-0.2, -0.15) is 0 Å². The fourth-order valence-corrected chi connectivity index (χ4v) is 2.10. The molecule has 0 aliphatic carbocycles. The number of carbonyl (C=O) groups is 2. The Labute approximate surface area is 112 Å². The van der Waals surface area contributed by atoms with Crippen molar-refractivity contribution < 1.29 is 9.59 Å². The van der Waals surface area contributed by atoms with Gasteiger partial charge in [-0.1, -0.05) is 6.92 Å². The fourth-order valence-electron chi connectivity index (χ4n) is 2.10. The van der Waals surface area contributed by atoms with Gasteiger partial charge in [0.2, 0.25) is 11.8 Å². The largest absolute Gasteiger partial charge is 0.399 e. The van der Waals surface area contributed by atoms with Crippen LogP contribution in [0.25, 0.3) is 0 Å². The molecule has 2 N–H and O–H groups in total. The zero-order valence-electron chi connectivity index (χ0n) is 11.0. The highest BCUT2D eigenvalue weighted by atomic mass is 16.2. The Bertz CT molecular complexity index is 489. The lowest BCUT2D eigenvalue weighted by molar-refractivity contribution is -0.150. The number of nitrogens with zero attached hydrogens (tertiary/aromatic N) is 3. The van der Waals surface area contributed by atoms with Gasteiger partial charge in [0.25, 0.3) is 0 Å². The van der Waals surface area contributed by atoms with Crippen LogP contribution in [0, 0.1) is 0 Å². The first-order chi connectivity index (χ1) is 9.10. The van der Waals surface area contributed by atoms with E-state index in [1.807, 2.05) is 6.92 Å². The zero-order chi connectivity index (χ0) is 13.8. The van der Waals surface area contributed by atoms with Gasteiger partial charge in [0.1, 0.15) is 6.54 Å². The van der Waals surface area contributed by atoms with Crippen molar-refractivity contribution in [2.75, 3.05) is 25.4 Å². The summed E-state index contributed by atoms with van der Waals surface area (Å²) in [5.74, 6) is -0.0531. The van der Waals surface area contributed by atoms with E-state index in [2.05, 4.69) is 4.98 Å². The molecule has 1 aliphatic rings. The second-order valence-electron chi connectivity index (χ2n) is 4.65. The molecular weight excluding hydrogens is 244 g/mol. The molecule has 102 valence electrons. The van der Waals surface area contributed by atoms with Gasteiger partial charge in [0.15, 0.2) is 0 Å². The molecule has 0 unspecified atom stereocenters. The standard InChI is InChI=1S/C13H18N4O2/c1-2-5-16-8-13(19)17(9-12(16)18)7-11-6-10(14)3-4-15-11/h3-4,6H,2,5,7-9H2,1H3,(H2,14,15).